The van der Waals surface area contributed by atoms with Crippen molar-refractivity contribution in [1.29, 1.82) is 0 Å². The first-order valence-corrected chi connectivity index (χ1v) is 6.36. The maximum absolute atomic E-state index is 5.35. The molecule has 0 saturated carbocycles. The van der Waals surface area contributed by atoms with Crippen LogP contribution in [0.25, 0.3) is 11.0 Å². The summed E-state index contributed by atoms with van der Waals surface area (Å²) in [5.41, 5.74) is 3.49. The average Bonchev–Trinajstić information content (AvgIpc) is 2.85. The Labute approximate surface area is 98.6 Å². The van der Waals surface area contributed by atoms with Gasteiger partial charge in [0.1, 0.15) is 0 Å². The zero-order valence-corrected chi connectivity index (χ0v) is 10.2. The summed E-state index contributed by atoms with van der Waals surface area (Å²) in [5.74, 6) is 0.964. The Kier molecular flexibility index (Phi) is 2.23. The molecule has 3 rings (SSSR count). The van der Waals surface area contributed by atoms with E-state index in [-0.39, 0.29) is 5.60 Å². The van der Waals surface area contributed by atoms with Crippen LogP contribution in [0.3, 0.4) is 0 Å². The molecule has 1 aliphatic rings. The molecule has 0 spiro atoms. The average molecular weight is 234 g/mol. The van der Waals surface area contributed by atoms with Gasteiger partial charge in [-0.05, 0) is 31.5 Å². The van der Waals surface area contributed by atoms with Crippen LogP contribution in [0.4, 0.5) is 0 Å². The molecule has 1 unspecified atom stereocenters. The minimum atomic E-state index is 0.0829. The van der Waals surface area contributed by atoms with Crippen molar-refractivity contribution in [2.45, 2.75) is 24.6 Å². The van der Waals surface area contributed by atoms with Crippen LogP contribution in [-0.4, -0.2) is 27.9 Å². The molecule has 1 aromatic heterocycles. The molecule has 1 saturated heterocycles. The molecule has 0 aliphatic carbocycles. The molecular formula is C12H14N2OS. The number of imidazole rings is 1. The van der Waals surface area contributed by atoms with Gasteiger partial charge in [0, 0.05) is 5.75 Å². The van der Waals surface area contributed by atoms with E-state index in [1.165, 1.54) is 5.56 Å². The molecule has 84 valence electrons. The number of aromatic nitrogens is 2. The van der Waals surface area contributed by atoms with Gasteiger partial charge in [-0.25, -0.2) is 4.98 Å². The maximum Gasteiger partial charge on any atom is 0.166 e. The van der Waals surface area contributed by atoms with Crippen molar-refractivity contribution in [2.24, 2.45) is 0 Å². The second-order valence-electron chi connectivity index (χ2n) is 4.59. The number of hydrogen-bond donors (Lipinski definition) is 1. The number of fused-ring (bicyclic) bond motifs is 1. The van der Waals surface area contributed by atoms with Crippen LogP contribution >= 0.6 is 11.8 Å². The summed E-state index contributed by atoms with van der Waals surface area (Å²) < 4.78 is 5.35. The van der Waals surface area contributed by atoms with Crippen LogP contribution in [-0.2, 0) is 4.74 Å². The smallest absolute Gasteiger partial charge is 0.166 e. The number of aromatic amines is 1. The Morgan fingerprint density at radius 2 is 2.38 bits per heavy atom. The molecule has 3 nitrogen and oxygen atoms in total. The second-order valence-corrected chi connectivity index (χ2v) is 5.55. The summed E-state index contributed by atoms with van der Waals surface area (Å²) in [6, 6.07) is 6.27. The number of nitrogens with one attached hydrogen (secondary N) is 1. The summed E-state index contributed by atoms with van der Waals surface area (Å²) in [5, 5.41) is 0.984. The van der Waals surface area contributed by atoms with Crippen molar-refractivity contribution in [2.75, 3.05) is 12.4 Å². The van der Waals surface area contributed by atoms with E-state index in [4.69, 9.17) is 4.74 Å². The van der Waals surface area contributed by atoms with Gasteiger partial charge in [-0.15, -0.1) is 0 Å². The van der Waals surface area contributed by atoms with E-state index >= 15 is 0 Å². The molecule has 0 amide bonds. The fourth-order valence-corrected chi connectivity index (χ4v) is 2.55. The van der Waals surface area contributed by atoms with Gasteiger partial charge < -0.3 is 9.72 Å². The van der Waals surface area contributed by atoms with Crippen LogP contribution < -0.4 is 0 Å². The molecule has 4 heteroatoms. The Morgan fingerprint density at radius 3 is 3.12 bits per heavy atom. The van der Waals surface area contributed by atoms with E-state index in [2.05, 4.69) is 42.0 Å². The summed E-state index contributed by atoms with van der Waals surface area (Å²) in [7, 11) is 0. The Morgan fingerprint density at radius 1 is 1.56 bits per heavy atom. The quantitative estimate of drug-likeness (QED) is 0.656. The standard InChI is InChI=1S/C12H14N2OS/c1-8-3-4-9-10(5-8)14-11(13-9)16-7-12(2)6-15-12/h3-5H,6-7H2,1-2H3,(H,13,14). The first-order valence-electron chi connectivity index (χ1n) is 5.38. The number of aryl methyl sites for hydroxylation is 1. The van der Waals surface area contributed by atoms with Crippen molar-refractivity contribution >= 4 is 22.8 Å². The van der Waals surface area contributed by atoms with E-state index in [1.54, 1.807) is 11.8 Å². The van der Waals surface area contributed by atoms with Gasteiger partial charge in [0.15, 0.2) is 5.16 Å². The summed E-state index contributed by atoms with van der Waals surface area (Å²) in [6.07, 6.45) is 0. The molecule has 1 N–H and O–H groups in total. The third kappa shape index (κ3) is 1.95. The molecule has 2 heterocycles. The van der Waals surface area contributed by atoms with E-state index in [1.807, 2.05) is 0 Å². The van der Waals surface area contributed by atoms with Crippen molar-refractivity contribution in [3.05, 3.63) is 23.8 Å². The number of benzene rings is 1. The van der Waals surface area contributed by atoms with Crippen molar-refractivity contribution in [1.82, 2.24) is 9.97 Å². The number of H-pyrrole nitrogens is 1. The monoisotopic (exact) mass is 234 g/mol. The predicted octanol–water partition coefficient (Wildman–Crippen LogP) is 2.75. The first kappa shape index (κ1) is 10.2. The number of nitrogens with zero attached hydrogens (tertiary/aromatic N) is 1. The number of ether oxygens (including phenoxy) is 1. The lowest BCUT2D eigenvalue weighted by Gasteiger charge is -2.00. The molecule has 2 aromatic rings. The predicted molar refractivity (Wildman–Crippen MR) is 65.9 cm³/mol. The lowest BCUT2D eigenvalue weighted by atomic mass is 10.2. The SMILES string of the molecule is Cc1ccc2nc(SCC3(C)CO3)[nH]c2c1. The zero-order chi connectivity index (χ0) is 11.2. The number of thioether (sulfide) groups is 1. The number of epoxide rings is 1. The maximum atomic E-state index is 5.35. The second kappa shape index (κ2) is 3.50. The summed E-state index contributed by atoms with van der Waals surface area (Å²) in [4.78, 5) is 7.87. The van der Waals surface area contributed by atoms with Crippen LogP contribution in [0.15, 0.2) is 23.4 Å². The van der Waals surface area contributed by atoms with Crippen molar-refractivity contribution < 1.29 is 4.74 Å². The van der Waals surface area contributed by atoms with Gasteiger partial charge in [-0.1, -0.05) is 17.8 Å². The lowest BCUT2D eigenvalue weighted by Crippen LogP contribution is -2.07. The molecule has 1 fully saturated rings. The van der Waals surface area contributed by atoms with E-state index in [9.17, 15) is 0 Å². The largest absolute Gasteiger partial charge is 0.369 e. The third-order valence-corrected chi connectivity index (χ3v) is 3.99. The molecule has 0 radical (unpaired) electrons. The van der Waals surface area contributed by atoms with Crippen LogP contribution in [0.5, 0.6) is 0 Å². The molecule has 16 heavy (non-hydrogen) atoms. The van der Waals surface area contributed by atoms with Crippen LogP contribution in [0, 0.1) is 6.92 Å². The highest BCUT2D eigenvalue weighted by Crippen LogP contribution is 2.32. The third-order valence-electron chi connectivity index (χ3n) is 2.77. The topological polar surface area (TPSA) is 41.2 Å². The Balaban J connectivity index is 1.82. The number of rotatable bonds is 3. The molecule has 1 aromatic carbocycles. The van der Waals surface area contributed by atoms with Gasteiger partial charge in [0.25, 0.3) is 0 Å². The normalized spacial score (nSPS) is 23.9. The Bertz CT molecular complexity index is 531. The number of hydrogen-bond acceptors (Lipinski definition) is 3. The first-order chi connectivity index (χ1) is 7.65. The highest BCUT2D eigenvalue weighted by Gasteiger charge is 2.39. The minimum Gasteiger partial charge on any atom is -0.369 e. The molecule has 0 bridgehead atoms. The van der Waals surface area contributed by atoms with Gasteiger partial charge in [0.2, 0.25) is 0 Å². The summed E-state index contributed by atoms with van der Waals surface area (Å²) >= 11 is 1.73. The van der Waals surface area contributed by atoms with Gasteiger partial charge >= 0.3 is 0 Å². The fourth-order valence-electron chi connectivity index (χ4n) is 1.60. The fraction of sp³-hybridized carbons (Fsp3) is 0.417. The van der Waals surface area contributed by atoms with Gasteiger partial charge in [-0.2, -0.15) is 0 Å². The van der Waals surface area contributed by atoms with Gasteiger partial charge in [-0.3, -0.25) is 0 Å². The van der Waals surface area contributed by atoms with E-state index in [0.717, 1.165) is 28.5 Å². The molecule has 1 atom stereocenters. The highest BCUT2D eigenvalue weighted by molar-refractivity contribution is 7.99. The van der Waals surface area contributed by atoms with Crippen LogP contribution in [0.2, 0.25) is 0 Å². The van der Waals surface area contributed by atoms with Crippen molar-refractivity contribution in [3.63, 3.8) is 0 Å². The van der Waals surface area contributed by atoms with Crippen molar-refractivity contribution in [3.8, 4) is 0 Å². The van der Waals surface area contributed by atoms with Gasteiger partial charge in [0.05, 0.1) is 23.2 Å². The van der Waals surface area contributed by atoms with Crippen LogP contribution in [0.1, 0.15) is 12.5 Å². The summed E-state index contributed by atoms with van der Waals surface area (Å²) in [6.45, 7) is 5.10. The minimum absolute atomic E-state index is 0.0829. The van der Waals surface area contributed by atoms with E-state index < -0.39 is 0 Å². The van der Waals surface area contributed by atoms with E-state index in [0.29, 0.717) is 0 Å². The molecule has 1 aliphatic heterocycles. The lowest BCUT2D eigenvalue weighted by molar-refractivity contribution is 0.348. The Hall–Kier alpha value is -1.00. The highest BCUT2D eigenvalue weighted by atomic mass is 32.2. The molecular weight excluding hydrogens is 220 g/mol. The zero-order valence-electron chi connectivity index (χ0n) is 9.41.